The molecule has 1 aromatic carbocycles. The van der Waals surface area contributed by atoms with E-state index in [9.17, 15) is 9.59 Å². The molecule has 0 radical (unpaired) electrons. The van der Waals surface area contributed by atoms with Crippen LogP contribution in [0.1, 0.15) is 0 Å². The number of anilines is 1. The summed E-state index contributed by atoms with van der Waals surface area (Å²) in [6.07, 6.45) is 1.45. The van der Waals surface area contributed by atoms with Crippen molar-refractivity contribution >= 4 is 17.6 Å². The average Bonchev–Trinajstić information content (AvgIpc) is 3.26. The topological polar surface area (TPSA) is 122 Å². The molecule has 1 aliphatic heterocycles. The van der Waals surface area contributed by atoms with Gasteiger partial charge >= 0.3 is 5.97 Å². The number of rotatable bonds is 6. The van der Waals surface area contributed by atoms with Crippen LogP contribution >= 0.6 is 0 Å². The summed E-state index contributed by atoms with van der Waals surface area (Å²) in [4.78, 5) is 25.8. The lowest BCUT2D eigenvalue weighted by molar-refractivity contribution is -0.136. The lowest BCUT2D eigenvalue weighted by Crippen LogP contribution is -2.31. The fourth-order valence-electron chi connectivity index (χ4n) is 2.50. The maximum Gasteiger partial charge on any atom is 0.337 e. The highest BCUT2D eigenvalue weighted by Crippen LogP contribution is 2.23. The summed E-state index contributed by atoms with van der Waals surface area (Å²) in [5.74, 6) is -0.963. The Labute approximate surface area is 142 Å². The lowest BCUT2D eigenvalue weighted by atomic mass is 10.2. The van der Waals surface area contributed by atoms with Gasteiger partial charge in [0.15, 0.2) is 0 Å². The van der Waals surface area contributed by atoms with Crippen LogP contribution in [0, 0.1) is 0 Å². The number of nitrogens with zero attached hydrogens (tertiary/aromatic N) is 5. The van der Waals surface area contributed by atoms with Crippen LogP contribution in [0.5, 0.6) is 0 Å². The van der Waals surface area contributed by atoms with E-state index in [2.05, 4.69) is 20.8 Å². The highest BCUT2D eigenvalue weighted by atomic mass is 16.5. The van der Waals surface area contributed by atoms with Crippen LogP contribution in [0.4, 0.5) is 5.69 Å². The molecule has 1 aliphatic rings. The van der Waals surface area contributed by atoms with Gasteiger partial charge in [0.25, 0.3) is 5.91 Å². The molecule has 0 atom stereocenters. The van der Waals surface area contributed by atoms with Gasteiger partial charge < -0.3 is 20.1 Å². The number of esters is 1. The summed E-state index contributed by atoms with van der Waals surface area (Å²) in [7, 11) is 1.25. The Balaban J connectivity index is 1.90. The Morgan fingerprint density at radius 3 is 2.96 bits per heavy atom. The van der Waals surface area contributed by atoms with E-state index in [-0.39, 0.29) is 36.9 Å². The van der Waals surface area contributed by atoms with E-state index in [4.69, 9.17) is 9.84 Å². The number of β-amino-alcohol motifs (C(OH)–C–C–N with tert-alkyl or cyclic N) is 1. The fraction of sp³-hybridized carbons (Fsp3) is 0.267. The van der Waals surface area contributed by atoms with Gasteiger partial charge in [0.05, 0.1) is 31.5 Å². The lowest BCUT2D eigenvalue weighted by Gasteiger charge is -2.15. The zero-order valence-corrected chi connectivity index (χ0v) is 13.4. The van der Waals surface area contributed by atoms with Crippen molar-refractivity contribution in [3.8, 4) is 5.69 Å². The standard InChI is InChI=1S/C15H16N6O4/c1-25-15(24)12-8-20(5-6-22)14(23)13(12)17-10-3-2-4-11(7-10)21-9-16-18-19-21/h2-4,7,9,17,22H,5-6,8H2,1H3. The zero-order chi connectivity index (χ0) is 17.8. The molecule has 10 nitrogen and oxygen atoms in total. The number of tetrazole rings is 1. The van der Waals surface area contributed by atoms with Gasteiger partial charge in [-0.25, -0.2) is 9.48 Å². The van der Waals surface area contributed by atoms with Crippen molar-refractivity contribution in [3.63, 3.8) is 0 Å². The number of carbonyl (C=O) groups excluding carboxylic acids is 2. The summed E-state index contributed by atoms with van der Waals surface area (Å²) >= 11 is 0. The zero-order valence-electron chi connectivity index (χ0n) is 13.4. The Kier molecular flexibility index (Phi) is 4.70. The monoisotopic (exact) mass is 344 g/mol. The van der Waals surface area contributed by atoms with Gasteiger partial charge in [-0.1, -0.05) is 6.07 Å². The molecule has 0 unspecified atom stereocenters. The van der Waals surface area contributed by atoms with E-state index in [1.54, 1.807) is 24.3 Å². The fourth-order valence-corrected chi connectivity index (χ4v) is 2.50. The van der Waals surface area contributed by atoms with Crippen LogP contribution in [0.3, 0.4) is 0 Å². The van der Waals surface area contributed by atoms with Crippen LogP contribution in [-0.2, 0) is 14.3 Å². The third-order valence-electron chi connectivity index (χ3n) is 3.68. The minimum atomic E-state index is -0.590. The number of benzene rings is 1. The quantitative estimate of drug-likeness (QED) is 0.662. The van der Waals surface area contributed by atoms with Crippen molar-refractivity contribution < 1.29 is 19.4 Å². The number of hydrogen-bond donors (Lipinski definition) is 2. The number of nitrogens with one attached hydrogen (secondary N) is 1. The van der Waals surface area contributed by atoms with Crippen LogP contribution in [0.2, 0.25) is 0 Å². The first-order valence-electron chi connectivity index (χ1n) is 7.46. The van der Waals surface area contributed by atoms with Crippen molar-refractivity contribution in [2.45, 2.75) is 0 Å². The molecule has 0 saturated carbocycles. The van der Waals surface area contributed by atoms with Gasteiger partial charge in [-0.15, -0.1) is 5.10 Å². The Hall–Kier alpha value is -3.27. The number of amides is 1. The highest BCUT2D eigenvalue weighted by Gasteiger charge is 2.34. The third-order valence-corrected chi connectivity index (χ3v) is 3.68. The molecule has 2 N–H and O–H groups in total. The van der Waals surface area contributed by atoms with Gasteiger partial charge in [-0.3, -0.25) is 4.79 Å². The predicted molar refractivity (Wildman–Crippen MR) is 85.5 cm³/mol. The molecule has 0 bridgehead atoms. The second kappa shape index (κ2) is 7.09. The van der Waals surface area contributed by atoms with Crippen LogP contribution in [0.25, 0.3) is 5.69 Å². The van der Waals surface area contributed by atoms with Crippen molar-refractivity contribution in [1.29, 1.82) is 0 Å². The van der Waals surface area contributed by atoms with E-state index in [0.717, 1.165) is 0 Å². The molecule has 10 heteroatoms. The summed E-state index contributed by atoms with van der Waals surface area (Å²) in [6, 6.07) is 7.05. The molecule has 25 heavy (non-hydrogen) atoms. The average molecular weight is 344 g/mol. The van der Waals surface area contributed by atoms with Crippen molar-refractivity contribution in [3.05, 3.63) is 41.9 Å². The van der Waals surface area contributed by atoms with Crippen LogP contribution in [-0.4, -0.2) is 68.9 Å². The highest BCUT2D eigenvalue weighted by molar-refractivity contribution is 6.08. The SMILES string of the molecule is COC(=O)C1=C(Nc2cccc(-n3cnnn3)c2)C(=O)N(CCO)C1. The molecule has 0 spiro atoms. The van der Waals surface area contributed by atoms with Crippen molar-refractivity contribution in [2.75, 3.05) is 32.1 Å². The summed E-state index contributed by atoms with van der Waals surface area (Å²) < 4.78 is 6.22. The summed E-state index contributed by atoms with van der Waals surface area (Å²) in [5.41, 5.74) is 1.62. The number of ether oxygens (including phenoxy) is 1. The number of hydrogen-bond acceptors (Lipinski definition) is 8. The van der Waals surface area contributed by atoms with E-state index in [1.165, 1.54) is 23.0 Å². The van der Waals surface area contributed by atoms with E-state index in [0.29, 0.717) is 11.4 Å². The molecule has 0 aliphatic carbocycles. The molecular weight excluding hydrogens is 328 g/mol. The molecule has 130 valence electrons. The second-order valence-electron chi connectivity index (χ2n) is 5.23. The Bertz CT molecular complexity index is 817. The Morgan fingerprint density at radius 1 is 1.44 bits per heavy atom. The first-order chi connectivity index (χ1) is 12.1. The maximum absolute atomic E-state index is 12.5. The smallest absolute Gasteiger partial charge is 0.337 e. The number of carbonyl (C=O) groups is 2. The van der Waals surface area contributed by atoms with E-state index >= 15 is 0 Å². The van der Waals surface area contributed by atoms with Crippen LogP contribution in [0.15, 0.2) is 41.9 Å². The molecule has 0 fully saturated rings. The minimum Gasteiger partial charge on any atom is -0.466 e. The Morgan fingerprint density at radius 2 is 2.28 bits per heavy atom. The number of methoxy groups -OCH3 is 1. The molecule has 1 amide bonds. The molecule has 2 aromatic rings. The van der Waals surface area contributed by atoms with Crippen molar-refractivity contribution in [1.82, 2.24) is 25.1 Å². The summed E-state index contributed by atoms with van der Waals surface area (Å²) in [6.45, 7) is 0.0263. The molecule has 1 aromatic heterocycles. The maximum atomic E-state index is 12.5. The van der Waals surface area contributed by atoms with Gasteiger partial charge in [0, 0.05) is 12.2 Å². The number of aliphatic hydroxyl groups excluding tert-OH is 1. The molecule has 0 saturated heterocycles. The van der Waals surface area contributed by atoms with E-state index in [1.807, 2.05) is 0 Å². The van der Waals surface area contributed by atoms with Gasteiger partial charge in [0.1, 0.15) is 12.0 Å². The first kappa shape index (κ1) is 16.6. The van der Waals surface area contributed by atoms with Gasteiger partial charge in [-0.05, 0) is 28.6 Å². The van der Waals surface area contributed by atoms with E-state index < -0.39 is 5.97 Å². The summed E-state index contributed by atoms with van der Waals surface area (Å²) in [5, 5.41) is 23.0. The minimum absolute atomic E-state index is 0.0844. The second-order valence-corrected chi connectivity index (χ2v) is 5.23. The molecule has 2 heterocycles. The van der Waals surface area contributed by atoms with Gasteiger partial charge in [0.2, 0.25) is 0 Å². The predicted octanol–water partition coefficient (Wildman–Crippen LogP) is -0.664. The molecular formula is C15H16N6O4. The number of aliphatic hydroxyl groups is 1. The number of aromatic nitrogens is 4. The largest absolute Gasteiger partial charge is 0.466 e. The first-order valence-corrected chi connectivity index (χ1v) is 7.46. The van der Waals surface area contributed by atoms with Crippen LogP contribution < -0.4 is 5.32 Å². The molecule has 3 rings (SSSR count). The van der Waals surface area contributed by atoms with Crippen molar-refractivity contribution in [2.24, 2.45) is 0 Å². The third kappa shape index (κ3) is 3.33. The van der Waals surface area contributed by atoms with Gasteiger partial charge in [-0.2, -0.15) is 0 Å². The normalized spacial score (nSPS) is 14.2.